The van der Waals surface area contributed by atoms with Crippen molar-refractivity contribution in [3.8, 4) is 6.01 Å². The minimum absolute atomic E-state index is 0.275. The number of imidazole rings is 1. The highest BCUT2D eigenvalue weighted by atomic mass is 79.9. The van der Waals surface area contributed by atoms with E-state index in [9.17, 15) is 0 Å². The number of ether oxygens (including phenoxy) is 1. The first-order valence-corrected chi connectivity index (χ1v) is 5.81. The van der Waals surface area contributed by atoms with E-state index in [1.54, 1.807) is 0 Å². The molecule has 0 atom stereocenters. The summed E-state index contributed by atoms with van der Waals surface area (Å²) < 4.78 is 5.95. The maximum atomic E-state index is 5.75. The van der Waals surface area contributed by atoms with Crippen molar-refractivity contribution in [2.45, 2.75) is 19.8 Å². The van der Waals surface area contributed by atoms with Gasteiger partial charge in [-0.15, -0.1) is 0 Å². The second kappa shape index (κ2) is 4.65. The lowest BCUT2D eigenvalue weighted by molar-refractivity contribution is 0.287. The molecule has 16 heavy (non-hydrogen) atoms. The maximum absolute atomic E-state index is 5.75. The number of anilines is 1. The molecule has 0 aliphatic carbocycles. The van der Waals surface area contributed by atoms with Crippen molar-refractivity contribution in [1.82, 2.24) is 19.9 Å². The summed E-state index contributed by atoms with van der Waals surface area (Å²) in [5, 5.41) is 0. The molecule has 7 heteroatoms. The van der Waals surface area contributed by atoms with Crippen LogP contribution in [-0.2, 0) is 0 Å². The Bertz CT molecular complexity index is 498. The summed E-state index contributed by atoms with van der Waals surface area (Å²) >= 11 is 3.22. The average Bonchev–Trinajstić information content (AvgIpc) is 2.60. The number of unbranched alkanes of at least 4 members (excludes halogenated alkanes) is 1. The van der Waals surface area contributed by atoms with Crippen LogP contribution in [-0.4, -0.2) is 26.5 Å². The molecule has 86 valence electrons. The van der Waals surface area contributed by atoms with Crippen molar-refractivity contribution in [1.29, 1.82) is 0 Å². The van der Waals surface area contributed by atoms with Crippen LogP contribution in [0.2, 0.25) is 0 Å². The SMILES string of the molecule is CCCCOc1nc(N)c2[nH]c(Br)nc2n1. The molecule has 0 fully saturated rings. The van der Waals surface area contributed by atoms with Gasteiger partial charge in [-0.25, -0.2) is 4.98 Å². The number of hydrogen-bond donors (Lipinski definition) is 2. The predicted octanol–water partition coefficient (Wildman–Crippen LogP) is 1.88. The summed E-state index contributed by atoms with van der Waals surface area (Å²) in [7, 11) is 0. The average molecular weight is 286 g/mol. The summed E-state index contributed by atoms with van der Waals surface area (Å²) in [6.45, 7) is 2.68. The van der Waals surface area contributed by atoms with Crippen molar-refractivity contribution in [2.24, 2.45) is 0 Å². The molecule has 2 aromatic rings. The van der Waals surface area contributed by atoms with E-state index in [2.05, 4.69) is 42.8 Å². The summed E-state index contributed by atoms with van der Waals surface area (Å²) in [4.78, 5) is 15.2. The van der Waals surface area contributed by atoms with Gasteiger partial charge < -0.3 is 15.5 Å². The lowest BCUT2D eigenvalue weighted by Crippen LogP contribution is -2.03. The van der Waals surface area contributed by atoms with Gasteiger partial charge in [-0.2, -0.15) is 9.97 Å². The number of nitrogen functional groups attached to an aromatic ring is 1. The lowest BCUT2D eigenvalue weighted by atomic mass is 10.4. The summed E-state index contributed by atoms with van der Waals surface area (Å²) in [6, 6.07) is 0.275. The molecule has 6 nitrogen and oxygen atoms in total. The molecule has 0 spiro atoms. The van der Waals surface area contributed by atoms with Crippen molar-refractivity contribution in [2.75, 3.05) is 12.3 Å². The van der Waals surface area contributed by atoms with Crippen LogP contribution in [0.25, 0.3) is 11.2 Å². The lowest BCUT2D eigenvalue weighted by Gasteiger charge is -2.03. The number of H-pyrrole nitrogens is 1. The first-order chi connectivity index (χ1) is 7.70. The van der Waals surface area contributed by atoms with E-state index in [1.165, 1.54) is 0 Å². The Balaban J connectivity index is 2.27. The molecule has 0 unspecified atom stereocenters. The molecule has 0 aromatic carbocycles. The number of nitrogens with one attached hydrogen (secondary N) is 1. The summed E-state index contributed by atoms with van der Waals surface area (Å²) in [6.07, 6.45) is 2.03. The molecule has 0 saturated carbocycles. The molecular weight excluding hydrogens is 274 g/mol. The zero-order chi connectivity index (χ0) is 11.5. The third-order valence-corrected chi connectivity index (χ3v) is 2.43. The number of halogens is 1. The van der Waals surface area contributed by atoms with Crippen LogP contribution in [0.1, 0.15) is 19.8 Å². The number of hydrogen-bond acceptors (Lipinski definition) is 5. The Morgan fingerprint density at radius 3 is 2.94 bits per heavy atom. The molecule has 2 aromatic heterocycles. The predicted molar refractivity (Wildman–Crippen MR) is 64.2 cm³/mol. The molecule has 0 aliphatic rings. The van der Waals surface area contributed by atoms with Crippen LogP contribution >= 0.6 is 15.9 Å². The van der Waals surface area contributed by atoms with Gasteiger partial charge in [0, 0.05) is 0 Å². The Kier molecular flexibility index (Phi) is 3.23. The Labute approximate surface area is 101 Å². The van der Waals surface area contributed by atoms with Gasteiger partial charge in [0.1, 0.15) is 5.52 Å². The number of aromatic nitrogens is 4. The second-order valence-electron chi connectivity index (χ2n) is 3.32. The van der Waals surface area contributed by atoms with E-state index < -0.39 is 0 Å². The highest BCUT2D eigenvalue weighted by Crippen LogP contribution is 2.20. The Morgan fingerprint density at radius 2 is 2.19 bits per heavy atom. The number of nitrogens with zero attached hydrogens (tertiary/aromatic N) is 3. The number of fused-ring (bicyclic) bond motifs is 1. The van der Waals surface area contributed by atoms with Crippen molar-refractivity contribution in [3.63, 3.8) is 0 Å². The fourth-order valence-electron chi connectivity index (χ4n) is 1.24. The van der Waals surface area contributed by atoms with Gasteiger partial charge in [0.05, 0.1) is 6.61 Å². The fraction of sp³-hybridized carbons (Fsp3) is 0.444. The fourth-order valence-corrected chi connectivity index (χ4v) is 1.61. The number of aromatic amines is 1. The molecule has 2 heterocycles. The van der Waals surface area contributed by atoms with E-state index in [0.717, 1.165) is 12.8 Å². The van der Waals surface area contributed by atoms with Crippen molar-refractivity contribution < 1.29 is 4.74 Å². The first kappa shape index (κ1) is 11.1. The minimum atomic E-state index is 0.275. The van der Waals surface area contributed by atoms with Gasteiger partial charge in [0.15, 0.2) is 16.2 Å². The minimum Gasteiger partial charge on any atom is -0.463 e. The smallest absolute Gasteiger partial charge is 0.320 e. The van der Waals surface area contributed by atoms with E-state index in [4.69, 9.17) is 10.5 Å². The van der Waals surface area contributed by atoms with E-state index in [0.29, 0.717) is 28.3 Å². The standard InChI is InChI=1S/C9H12BrN5O/c1-2-3-4-16-9-13-6(11)5-7(15-9)14-8(10)12-5/h2-4H2,1H3,(H3,11,12,13,14,15). The highest BCUT2D eigenvalue weighted by Gasteiger charge is 2.09. The van der Waals surface area contributed by atoms with Gasteiger partial charge >= 0.3 is 6.01 Å². The van der Waals surface area contributed by atoms with Gasteiger partial charge in [-0.05, 0) is 22.4 Å². The van der Waals surface area contributed by atoms with Gasteiger partial charge in [-0.3, -0.25) is 0 Å². The Morgan fingerprint density at radius 1 is 1.38 bits per heavy atom. The van der Waals surface area contributed by atoms with Crippen molar-refractivity contribution >= 4 is 32.9 Å². The van der Waals surface area contributed by atoms with E-state index >= 15 is 0 Å². The molecule has 0 saturated heterocycles. The van der Waals surface area contributed by atoms with Crippen LogP contribution in [0.3, 0.4) is 0 Å². The Hall–Kier alpha value is -1.37. The number of nitrogens with two attached hydrogens (primary N) is 1. The normalized spacial score (nSPS) is 10.9. The molecule has 0 amide bonds. The quantitative estimate of drug-likeness (QED) is 0.661. The molecular formula is C9H12BrN5O. The molecule has 3 N–H and O–H groups in total. The van der Waals surface area contributed by atoms with Crippen LogP contribution in [0.15, 0.2) is 4.73 Å². The van der Waals surface area contributed by atoms with Crippen LogP contribution in [0.5, 0.6) is 6.01 Å². The topological polar surface area (TPSA) is 89.7 Å². The van der Waals surface area contributed by atoms with Crippen LogP contribution in [0, 0.1) is 0 Å². The molecule has 2 rings (SSSR count). The van der Waals surface area contributed by atoms with E-state index in [1.807, 2.05) is 0 Å². The van der Waals surface area contributed by atoms with Gasteiger partial charge in [-0.1, -0.05) is 13.3 Å². The zero-order valence-corrected chi connectivity index (χ0v) is 10.4. The third-order valence-electron chi connectivity index (χ3n) is 2.06. The molecule has 0 radical (unpaired) electrons. The summed E-state index contributed by atoms with van der Waals surface area (Å²) in [5.41, 5.74) is 6.88. The van der Waals surface area contributed by atoms with Crippen LogP contribution < -0.4 is 10.5 Å². The van der Waals surface area contributed by atoms with Gasteiger partial charge in [0.25, 0.3) is 0 Å². The maximum Gasteiger partial charge on any atom is 0.320 e. The molecule has 0 bridgehead atoms. The largest absolute Gasteiger partial charge is 0.463 e. The van der Waals surface area contributed by atoms with E-state index in [-0.39, 0.29) is 6.01 Å². The number of rotatable bonds is 4. The third kappa shape index (κ3) is 2.24. The first-order valence-electron chi connectivity index (χ1n) is 5.02. The highest BCUT2D eigenvalue weighted by molar-refractivity contribution is 9.10. The second-order valence-corrected chi connectivity index (χ2v) is 4.07. The van der Waals surface area contributed by atoms with Crippen LogP contribution in [0.4, 0.5) is 5.82 Å². The zero-order valence-electron chi connectivity index (χ0n) is 8.83. The van der Waals surface area contributed by atoms with Crippen molar-refractivity contribution in [3.05, 3.63) is 4.73 Å². The molecule has 0 aliphatic heterocycles. The monoisotopic (exact) mass is 285 g/mol. The summed E-state index contributed by atoms with van der Waals surface area (Å²) in [5.74, 6) is 0.342. The van der Waals surface area contributed by atoms with Gasteiger partial charge in [0.2, 0.25) is 0 Å².